The maximum atomic E-state index is 12.3. The van der Waals surface area contributed by atoms with Gasteiger partial charge >= 0.3 is 6.09 Å². The summed E-state index contributed by atoms with van der Waals surface area (Å²) < 4.78 is 11.2. The monoisotopic (exact) mass is 376 g/mol. The van der Waals surface area contributed by atoms with Gasteiger partial charge in [0, 0.05) is 32.3 Å². The summed E-state index contributed by atoms with van der Waals surface area (Å²) in [5, 5.41) is 10.9. The van der Waals surface area contributed by atoms with Crippen LogP contribution in [0.4, 0.5) is 16.5 Å². The van der Waals surface area contributed by atoms with Gasteiger partial charge in [-0.05, 0) is 39.7 Å². The van der Waals surface area contributed by atoms with Crippen molar-refractivity contribution < 1.29 is 18.9 Å². The van der Waals surface area contributed by atoms with Crippen LogP contribution in [0.15, 0.2) is 22.6 Å². The number of benzene rings is 1. The lowest BCUT2D eigenvalue weighted by Crippen LogP contribution is -2.50. The van der Waals surface area contributed by atoms with E-state index in [4.69, 9.17) is 9.15 Å². The van der Waals surface area contributed by atoms with Gasteiger partial charge in [-0.1, -0.05) is 0 Å². The zero-order valence-corrected chi connectivity index (χ0v) is 16.0. The van der Waals surface area contributed by atoms with Gasteiger partial charge in [0.2, 0.25) is 0 Å². The highest BCUT2D eigenvalue weighted by Gasteiger charge is 2.31. The molecule has 0 saturated carbocycles. The molecule has 2 aromatic rings. The number of anilines is 1. The Hall–Kier alpha value is -2.84. The topological polar surface area (TPSA) is 102 Å². The van der Waals surface area contributed by atoms with Gasteiger partial charge in [0.1, 0.15) is 11.1 Å². The molecular weight excluding hydrogens is 352 g/mol. The number of non-ortho nitro benzene ring substituents is 1. The Morgan fingerprint density at radius 1 is 1.44 bits per heavy atom. The van der Waals surface area contributed by atoms with Crippen molar-refractivity contribution >= 4 is 28.9 Å². The second-order valence-electron chi connectivity index (χ2n) is 7.74. The fraction of sp³-hybridized carbons (Fsp3) is 0.556. The van der Waals surface area contributed by atoms with Crippen molar-refractivity contribution in [2.24, 2.45) is 0 Å². The normalized spacial score (nSPS) is 17.8. The summed E-state index contributed by atoms with van der Waals surface area (Å²) >= 11 is 0. The Morgan fingerprint density at radius 3 is 2.85 bits per heavy atom. The van der Waals surface area contributed by atoms with Gasteiger partial charge in [0.15, 0.2) is 5.58 Å². The summed E-state index contributed by atoms with van der Waals surface area (Å²) in [5.74, 6) is 0. The molecule has 0 bridgehead atoms. The number of piperidine rings is 1. The number of likely N-dealkylation sites (tertiary alicyclic amines) is 1. The van der Waals surface area contributed by atoms with Gasteiger partial charge in [-0.3, -0.25) is 10.1 Å². The van der Waals surface area contributed by atoms with Gasteiger partial charge < -0.3 is 19.0 Å². The average molecular weight is 376 g/mol. The number of carbonyl (C=O) groups excluding carboxylic acids is 1. The second kappa shape index (κ2) is 7.05. The van der Waals surface area contributed by atoms with Gasteiger partial charge in [-0.15, -0.1) is 0 Å². The third-order valence-electron chi connectivity index (χ3n) is 4.47. The number of nitro benzene ring substituents is 1. The molecule has 0 N–H and O–H groups in total. The standard InChI is InChI=1S/C18H24N4O5/c1-18(2,3)27-17(23)21-9-5-6-13(11-21)20(4)16-19-14-10-12(22(24)25)7-8-15(14)26-16/h7-8,10,13H,5-6,9,11H2,1-4H3/t13-/m1/s1. The summed E-state index contributed by atoms with van der Waals surface area (Å²) in [6.07, 6.45) is 1.41. The zero-order valence-electron chi connectivity index (χ0n) is 16.0. The maximum absolute atomic E-state index is 12.3. The number of hydrogen-bond donors (Lipinski definition) is 0. The Labute approximate surface area is 157 Å². The highest BCUT2D eigenvalue weighted by atomic mass is 16.6. The van der Waals surface area contributed by atoms with Crippen LogP contribution in [0.25, 0.3) is 11.1 Å². The Balaban J connectivity index is 1.74. The predicted octanol–water partition coefficient (Wildman–Crippen LogP) is 3.57. The molecule has 3 rings (SSSR count). The van der Waals surface area contributed by atoms with E-state index >= 15 is 0 Å². The zero-order chi connectivity index (χ0) is 19.8. The molecule has 9 heteroatoms. The van der Waals surface area contributed by atoms with Crippen molar-refractivity contribution in [1.29, 1.82) is 0 Å². The Bertz CT molecular complexity index is 857. The van der Waals surface area contributed by atoms with Gasteiger partial charge in [-0.2, -0.15) is 4.98 Å². The molecule has 1 saturated heterocycles. The molecule has 1 fully saturated rings. The van der Waals surface area contributed by atoms with E-state index in [0.717, 1.165) is 12.8 Å². The molecule has 1 aliphatic heterocycles. The van der Waals surface area contributed by atoms with Gasteiger partial charge in [0.25, 0.3) is 11.7 Å². The summed E-state index contributed by atoms with van der Waals surface area (Å²) in [4.78, 5) is 30.8. The number of carbonyl (C=O) groups is 1. The number of oxazole rings is 1. The lowest BCUT2D eigenvalue weighted by molar-refractivity contribution is -0.384. The predicted molar refractivity (Wildman–Crippen MR) is 99.9 cm³/mol. The minimum Gasteiger partial charge on any atom is -0.444 e. The molecule has 1 aromatic heterocycles. The molecule has 9 nitrogen and oxygen atoms in total. The third kappa shape index (κ3) is 4.29. The largest absolute Gasteiger partial charge is 0.444 e. The summed E-state index contributed by atoms with van der Waals surface area (Å²) in [6.45, 7) is 6.69. The molecule has 1 atom stereocenters. The lowest BCUT2D eigenvalue weighted by atomic mass is 10.1. The van der Waals surface area contributed by atoms with E-state index in [-0.39, 0.29) is 17.8 Å². The van der Waals surface area contributed by atoms with Gasteiger partial charge in [0.05, 0.1) is 11.0 Å². The van der Waals surface area contributed by atoms with E-state index in [2.05, 4.69) is 4.98 Å². The molecule has 1 amide bonds. The van der Waals surface area contributed by atoms with E-state index in [0.29, 0.717) is 30.2 Å². The summed E-state index contributed by atoms with van der Waals surface area (Å²) in [7, 11) is 1.85. The second-order valence-corrected chi connectivity index (χ2v) is 7.74. The van der Waals surface area contributed by atoms with Crippen LogP contribution >= 0.6 is 0 Å². The van der Waals surface area contributed by atoms with Crippen LogP contribution in [0.1, 0.15) is 33.6 Å². The van der Waals surface area contributed by atoms with E-state index < -0.39 is 10.5 Å². The number of rotatable bonds is 3. The highest BCUT2D eigenvalue weighted by molar-refractivity contribution is 5.77. The molecular formula is C18H24N4O5. The minimum absolute atomic E-state index is 0.0225. The van der Waals surface area contributed by atoms with Crippen molar-refractivity contribution in [3.05, 3.63) is 28.3 Å². The molecule has 2 heterocycles. The minimum atomic E-state index is -0.537. The molecule has 0 aliphatic carbocycles. The van der Waals surface area contributed by atoms with Crippen molar-refractivity contribution in [3.8, 4) is 0 Å². The summed E-state index contributed by atoms with van der Waals surface area (Å²) in [6, 6.07) is 4.73. The third-order valence-corrected chi connectivity index (χ3v) is 4.47. The number of aromatic nitrogens is 1. The number of likely N-dealkylation sites (N-methyl/N-ethyl adjacent to an activating group) is 1. The molecule has 146 valence electrons. The van der Waals surface area contributed by atoms with Crippen molar-refractivity contribution in [3.63, 3.8) is 0 Å². The smallest absolute Gasteiger partial charge is 0.410 e. The Kier molecular flexibility index (Phi) is 4.95. The first-order chi connectivity index (χ1) is 12.6. The molecule has 0 unspecified atom stereocenters. The number of fused-ring (bicyclic) bond motifs is 1. The van der Waals surface area contributed by atoms with Crippen LogP contribution in [0.3, 0.4) is 0 Å². The fourth-order valence-electron chi connectivity index (χ4n) is 3.09. The first-order valence-electron chi connectivity index (χ1n) is 8.90. The molecule has 27 heavy (non-hydrogen) atoms. The van der Waals surface area contributed by atoms with Crippen molar-refractivity contribution in [2.45, 2.75) is 45.3 Å². The van der Waals surface area contributed by atoms with Gasteiger partial charge in [-0.25, -0.2) is 4.79 Å². The van der Waals surface area contributed by atoms with Crippen molar-refractivity contribution in [2.75, 3.05) is 25.0 Å². The fourth-order valence-corrected chi connectivity index (χ4v) is 3.09. The van der Waals surface area contributed by atoms with Crippen LogP contribution in [-0.4, -0.2) is 52.7 Å². The number of nitro groups is 1. The molecule has 0 spiro atoms. The quantitative estimate of drug-likeness (QED) is 0.596. The molecule has 0 radical (unpaired) electrons. The number of nitrogens with zero attached hydrogens (tertiary/aromatic N) is 4. The van der Waals surface area contributed by atoms with E-state index in [1.165, 1.54) is 12.1 Å². The average Bonchev–Trinajstić information content (AvgIpc) is 3.02. The number of ether oxygens (including phenoxy) is 1. The number of amides is 1. The Morgan fingerprint density at radius 2 is 2.19 bits per heavy atom. The lowest BCUT2D eigenvalue weighted by Gasteiger charge is -2.37. The van der Waals surface area contributed by atoms with Crippen LogP contribution in [0, 0.1) is 10.1 Å². The van der Waals surface area contributed by atoms with Crippen LogP contribution in [0.2, 0.25) is 0 Å². The van der Waals surface area contributed by atoms with E-state index in [9.17, 15) is 14.9 Å². The van der Waals surface area contributed by atoms with Crippen LogP contribution in [0.5, 0.6) is 0 Å². The maximum Gasteiger partial charge on any atom is 0.410 e. The van der Waals surface area contributed by atoms with Crippen molar-refractivity contribution in [1.82, 2.24) is 9.88 Å². The van der Waals surface area contributed by atoms with E-state index in [1.54, 1.807) is 11.0 Å². The highest BCUT2D eigenvalue weighted by Crippen LogP contribution is 2.28. The van der Waals surface area contributed by atoms with E-state index in [1.807, 2.05) is 32.7 Å². The van der Waals surface area contributed by atoms with Crippen LogP contribution < -0.4 is 4.90 Å². The first kappa shape index (κ1) is 18.9. The summed E-state index contributed by atoms with van der Waals surface area (Å²) in [5.41, 5.74) is 0.358. The molecule has 1 aromatic carbocycles. The SMILES string of the molecule is CN(c1nc2cc([N+](=O)[O-])ccc2o1)[C@@H]1CCCN(C(=O)OC(C)(C)C)C1. The molecule has 1 aliphatic rings. The van der Waals surface area contributed by atoms with Crippen LogP contribution in [-0.2, 0) is 4.74 Å². The number of hydrogen-bond acceptors (Lipinski definition) is 7. The first-order valence-corrected chi connectivity index (χ1v) is 8.90.